The van der Waals surface area contributed by atoms with Gasteiger partial charge in [-0.15, -0.1) is 0 Å². The molecule has 0 nitrogen and oxygen atoms in total. The van der Waals surface area contributed by atoms with E-state index in [1.54, 1.807) is 5.56 Å². The van der Waals surface area contributed by atoms with Gasteiger partial charge in [0.2, 0.25) is 0 Å². The Morgan fingerprint density at radius 3 is 2.41 bits per heavy atom. The molecule has 3 unspecified atom stereocenters. The summed E-state index contributed by atoms with van der Waals surface area (Å²) in [6, 6.07) is 7.07. The van der Waals surface area contributed by atoms with E-state index in [0.717, 1.165) is 11.8 Å². The number of hydrogen-bond acceptors (Lipinski definition) is 0. The average Bonchev–Trinajstić information content (AvgIpc) is 2.28. The molecule has 0 radical (unpaired) electrons. The van der Waals surface area contributed by atoms with Crippen molar-refractivity contribution in [2.45, 2.75) is 59.3 Å². The van der Waals surface area contributed by atoms with E-state index >= 15 is 0 Å². The van der Waals surface area contributed by atoms with Gasteiger partial charge in [0.25, 0.3) is 0 Å². The van der Waals surface area contributed by atoms with Crippen molar-refractivity contribution >= 4 is 0 Å². The van der Waals surface area contributed by atoms with Crippen molar-refractivity contribution in [2.24, 2.45) is 11.8 Å². The van der Waals surface area contributed by atoms with E-state index in [1.807, 2.05) is 0 Å². The summed E-state index contributed by atoms with van der Waals surface area (Å²) in [4.78, 5) is 0. The monoisotopic (exact) mass is 230 g/mol. The van der Waals surface area contributed by atoms with Crippen molar-refractivity contribution in [1.82, 2.24) is 0 Å². The molecular weight excluding hydrogens is 204 g/mol. The van der Waals surface area contributed by atoms with Gasteiger partial charge in [-0.3, -0.25) is 0 Å². The van der Waals surface area contributed by atoms with Crippen LogP contribution in [0.5, 0.6) is 0 Å². The second kappa shape index (κ2) is 4.48. The summed E-state index contributed by atoms with van der Waals surface area (Å²) in [5.41, 5.74) is 4.79. The van der Waals surface area contributed by atoms with Crippen molar-refractivity contribution in [3.63, 3.8) is 0 Å². The molecule has 94 valence electrons. The largest absolute Gasteiger partial charge is 0.0625 e. The fraction of sp³-hybridized carbons (Fsp3) is 0.647. The zero-order valence-electron chi connectivity index (χ0n) is 12.0. The number of hydrogen-bond donors (Lipinski definition) is 0. The van der Waals surface area contributed by atoms with Crippen LogP contribution in [0.4, 0.5) is 0 Å². The van der Waals surface area contributed by atoms with Crippen LogP contribution >= 0.6 is 0 Å². The lowest BCUT2D eigenvalue weighted by atomic mass is 9.61. The van der Waals surface area contributed by atoms with Crippen LogP contribution in [0.2, 0.25) is 0 Å². The molecule has 1 aromatic carbocycles. The normalized spacial score (nSPS) is 33.7. The molecule has 0 bridgehead atoms. The van der Waals surface area contributed by atoms with Crippen LogP contribution in [0.1, 0.15) is 56.7 Å². The molecule has 0 aliphatic heterocycles. The van der Waals surface area contributed by atoms with Crippen LogP contribution in [0.3, 0.4) is 0 Å². The average molecular weight is 230 g/mol. The van der Waals surface area contributed by atoms with Gasteiger partial charge in [0.1, 0.15) is 0 Å². The summed E-state index contributed by atoms with van der Waals surface area (Å²) in [6.45, 7) is 11.7. The van der Waals surface area contributed by atoms with E-state index in [-0.39, 0.29) is 0 Å². The van der Waals surface area contributed by atoms with E-state index in [9.17, 15) is 0 Å². The topological polar surface area (TPSA) is 0 Å². The van der Waals surface area contributed by atoms with Gasteiger partial charge < -0.3 is 0 Å². The van der Waals surface area contributed by atoms with Gasteiger partial charge in [0.05, 0.1) is 0 Å². The van der Waals surface area contributed by atoms with Crippen molar-refractivity contribution in [3.05, 3.63) is 34.9 Å². The number of aryl methyl sites for hydroxylation is 2. The lowest BCUT2D eigenvalue weighted by Gasteiger charge is -2.43. The zero-order chi connectivity index (χ0) is 12.6. The first-order valence-corrected chi connectivity index (χ1v) is 7.01. The molecule has 0 amide bonds. The molecule has 0 saturated heterocycles. The van der Waals surface area contributed by atoms with Crippen molar-refractivity contribution in [3.8, 4) is 0 Å². The summed E-state index contributed by atoms with van der Waals surface area (Å²) < 4.78 is 0. The molecule has 0 N–H and O–H groups in total. The fourth-order valence-electron chi connectivity index (χ4n) is 3.38. The van der Waals surface area contributed by atoms with Gasteiger partial charge in [-0.25, -0.2) is 0 Å². The van der Waals surface area contributed by atoms with Crippen LogP contribution in [-0.2, 0) is 5.41 Å². The summed E-state index contributed by atoms with van der Waals surface area (Å²) >= 11 is 0. The van der Waals surface area contributed by atoms with E-state index < -0.39 is 0 Å². The van der Waals surface area contributed by atoms with Crippen LogP contribution in [0.25, 0.3) is 0 Å². The molecule has 2 rings (SSSR count). The third-order valence-electron chi connectivity index (χ3n) is 5.12. The predicted molar refractivity (Wildman–Crippen MR) is 75.4 cm³/mol. The number of benzene rings is 1. The molecule has 0 heteroatoms. The molecule has 1 fully saturated rings. The molecule has 1 aliphatic rings. The van der Waals surface area contributed by atoms with Gasteiger partial charge in [-0.1, -0.05) is 45.4 Å². The van der Waals surface area contributed by atoms with Crippen LogP contribution in [0, 0.1) is 25.7 Å². The molecule has 0 heterocycles. The standard InChI is InChI=1S/C17H26/c1-12-6-8-15(4)17(5,11-12)16-9-7-13(2)14(3)10-16/h7,9-10,12,15H,6,8,11H2,1-5H3. The lowest BCUT2D eigenvalue weighted by molar-refractivity contribution is 0.174. The van der Waals surface area contributed by atoms with Crippen molar-refractivity contribution in [2.75, 3.05) is 0 Å². The maximum atomic E-state index is 2.47. The zero-order valence-corrected chi connectivity index (χ0v) is 12.0. The Labute approximate surface area is 106 Å². The lowest BCUT2D eigenvalue weighted by Crippen LogP contribution is -2.36. The third-order valence-corrected chi connectivity index (χ3v) is 5.12. The Hall–Kier alpha value is -0.780. The fourth-order valence-corrected chi connectivity index (χ4v) is 3.38. The highest BCUT2D eigenvalue weighted by Gasteiger charge is 2.37. The SMILES string of the molecule is Cc1ccc(C2(C)CC(C)CCC2C)cc1C. The van der Waals surface area contributed by atoms with Gasteiger partial charge in [-0.2, -0.15) is 0 Å². The van der Waals surface area contributed by atoms with Gasteiger partial charge in [0, 0.05) is 0 Å². The van der Waals surface area contributed by atoms with Crippen molar-refractivity contribution in [1.29, 1.82) is 0 Å². The third kappa shape index (κ3) is 2.27. The Morgan fingerprint density at radius 2 is 1.76 bits per heavy atom. The summed E-state index contributed by atoms with van der Waals surface area (Å²) in [7, 11) is 0. The molecule has 1 saturated carbocycles. The van der Waals surface area contributed by atoms with Crippen LogP contribution in [-0.4, -0.2) is 0 Å². The first-order chi connectivity index (χ1) is 7.93. The summed E-state index contributed by atoms with van der Waals surface area (Å²) in [6.07, 6.45) is 4.13. The summed E-state index contributed by atoms with van der Waals surface area (Å²) in [5.74, 6) is 1.68. The maximum absolute atomic E-state index is 2.47. The number of rotatable bonds is 1. The quantitative estimate of drug-likeness (QED) is 0.635. The minimum absolute atomic E-state index is 0.385. The second-order valence-electron chi connectivity index (χ2n) is 6.50. The highest BCUT2D eigenvalue weighted by atomic mass is 14.4. The van der Waals surface area contributed by atoms with E-state index in [1.165, 1.54) is 30.4 Å². The smallest absolute Gasteiger partial charge is 0.00470 e. The van der Waals surface area contributed by atoms with E-state index in [4.69, 9.17) is 0 Å². The molecule has 0 aromatic heterocycles. The van der Waals surface area contributed by atoms with Crippen molar-refractivity contribution < 1.29 is 0 Å². The van der Waals surface area contributed by atoms with Gasteiger partial charge in [0.15, 0.2) is 0 Å². The summed E-state index contributed by atoms with van der Waals surface area (Å²) in [5, 5.41) is 0. The first kappa shape index (κ1) is 12.7. The van der Waals surface area contributed by atoms with Crippen LogP contribution in [0.15, 0.2) is 18.2 Å². The minimum Gasteiger partial charge on any atom is -0.0625 e. The minimum atomic E-state index is 0.385. The molecule has 3 atom stereocenters. The maximum Gasteiger partial charge on any atom is -0.00470 e. The Bertz CT molecular complexity index is 404. The van der Waals surface area contributed by atoms with Crippen LogP contribution < -0.4 is 0 Å². The molecule has 0 spiro atoms. The molecule has 1 aliphatic carbocycles. The highest BCUT2D eigenvalue weighted by Crippen LogP contribution is 2.45. The second-order valence-corrected chi connectivity index (χ2v) is 6.50. The predicted octanol–water partition coefficient (Wildman–Crippen LogP) is 5.02. The van der Waals surface area contributed by atoms with E-state index in [2.05, 4.69) is 52.8 Å². The Kier molecular flexibility index (Phi) is 3.34. The molecular formula is C17H26. The van der Waals surface area contributed by atoms with E-state index in [0.29, 0.717) is 5.41 Å². The first-order valence-electron chi connectivity index (χ1n) is 7.01. The molecule has 17 heavy (non-hydrogen) atoms. The Balaban J connectivity index is 2.38. The Morgan fingerprint density at radius 1 is 1.06 bits per heavy atom. The highest BCUT2D eigenvalue weighted by molar-refractivity contribution is 5.35. The van der Waals surface area contributed by atoms with Gasteiger partial charge in [-0.05, 0) is 60.6 Å². The van der Waals surface area contributed by atoms with Gasteiger partial charge >= 0.3 is 0 Å². The molecule has 1 aromatic rings.